The quantitative estimate of drug-likeness (QED) is 0.615. The van der Waals surface area contributed by atoms with Crippen molar-refractivity contribution in [3.05, 3.63) is 58.7 Å². The third-order valence-electron chi connectivity index (χ3n) is 4.47. The summed E-state index contributed by atoms with van der Waals surface area (Å²) in [5.74, 6) is 1.80. The van der Waals surface area contributed by atoms with Crippen LogP contribution in [0.1, 0.15) is 34.3 Å². The molecule has 0 spiro atoms. The van der Waals surface area contributed by atoms with Crippen molar-refractivity contribution < 1.29 is 19.0 Å². The molecule has 0 radical (unpaired) electrons. The molecular weight excluding hydrogens is 316 g/mol. The fourth-order valence-corrected chi connectivity index (χ4v) is 3.24. The molecule has 3 rings (SSSR count). The second-order valence-corrected chi connectivity index (χ2v) is 5.97. The van der Waals surface area contributed by atoms with Gasteiger partial charge in [0.2, 0.25) is 5.75 Å². The van der Waals surface area contributed by atoms with Crippen LogP contribution < -0.4 is 14.2 Å². The van der Waals surface area contributed by atoms with Crippen LogP contribution in [0.15, 0.2) is 42.0 Å². The van der Waals surface area contributed by atoms with Crippen LogP contribution in [0.25, 0.3) is 6.08 Å². The van der Waals surface area contributed by atoms with Gasteiger partial charge in [0.25, 0.3) is 0 Å². The van der Waals surface area contributed by atoms with E-state index in [1.165, 1.54) is 0 Å². The summed E-state index contributed by atoms with van der Waals surface area (Å²) < 4.78 is 16.1. The number of benzene rings is 2. The maximum atomic E-state index is 12.9. The maximum Gasteiger partial charge on any atom is 0.203 e. The summed E-state index contributed by atoms with van der Waals surface area (Å²) in [6.45, 7) is 0. The van der Waals surface area contributed by atoms with Crippen molar-refractivity contribution in [3.8, 4) is 17.2 Å². The number of carbonyl (C=O) groups excluding carboxylic acids is 1. The van der Waals surface area contributed by atoms with Gasteiger partial charge in [0.05, 0.1) is 21.3 Å². The number of fused-ring (bicyclic) bond motifs is 1. The summed E-state index contributed by atoms with van der Waals surface area (Å²) in [5, 5.41) is 0. The van der Waals surface area contributed by atoms with Gasteiger partial charge in [0.15, 0.2) is 17.3 Å². The zero-order chi connectivity index (χ0) is 17.8. The molecule has 130 valence electrons. The Morgan fingerprint density at radius 1 is 0.920 bits per heavy atom. The minimum Gasteiger partial charge on any atom is -0.493 e. The number of methoxy groups -OCH3 is 3. The normalized spacial score (nSPS) is 15.5. The average Bonchev–Trinajstić information content (AvgIpc) is 2.80. The Kier molecular flexibility index (Phi) is 5.08. The fourth-order valence-electron chi connectivity index (χ4n) is 3.24. The van der Waals surface area contributed by atoms with Crippen LogP contribution in [0.5, 0.6) is 17.2 Å². The van der Waals surface area contributed by atoms with E-state index < -0.39 is 0 Å². The third-order valence-corrected chi connectivity index (χ3v) is 4.47. The number of allylic oxidation sites excluding steroid dienone is 1. The van der Waals surface area contributed by atoms with E-state index in [1.807, 2.05) is 42.5 Å². The Bertz CT molecular complexity index is 795. The summed E-state index contributed by atoms with van der Waals surface area (Å²) in [6, 6.07) is 11.6. The van der Waals surface area contributed by atoms with E-state index in [0.29, 0.717) is 17.2 Å². The van der Waals surface area contributed by atoms with Crippen molar-refractivity contribution in [3.63, 3.8) is 0 Å². The molecular formula is C21H22O4. The number of ether oxygens (including phenoxy) is 3. The number of hydrogen-bond donors (Lipinski definition) is 0. The highest BCUT2D eigenvalue weighted by atomic mass is 16.5. The van der Waals surface area contributed by atoms with Crippen LogP contribution in [0.2, 0.25) is 0 Å². The Balaban J connectivity index is 2.04. The highest BCUT2D eigenvalue weighted by Crippen LogP contribution is 2.39. The van der Waals surface area contributed by atoms with Gasteiger partial charge in [-0.2, -0.15) is 0 Å². The molecule has 0 bridgehead atoms. The second kappa shape index (κ2) is 7.43. The predicted octanol–water partition coefficient (Wildman–Crippen LogP) is 4.32. The number of carbonyl (C=O) groups is 1. The van der Waals surface area contributed by atoms with Crippen LogP contribution >= 0.6 is 0 Å². The van der Waals surface area contributed by atoms with Gasteiger partial charge in [-0.15, -0.1) is 0 Å². The lowest BCUT2D eigenvalue weighted by Gasteiger charge is -2.13. The summed E-state index contributed by atoms with van der Waals surface area (Å²) in [4.78, 5) is 12.9. The first-order valence-electron chi connectivity index (χ1n) is 8.31. The van der Waals surface area contributed by atoms with E-state index in [0.717, 1.165) is 41.5 Å². The van der Waals surface area contributed by atoms with Crippen molar-refractivity contribution in [2.75, 3.05) is 21.3 Å². The number of hydrogen-bond acceptors (Lipinski definition) is 4. The zero-order valence-electron chi connectivity index (χ0n) is 14.8. The summed E-state index contributed by atoms with van der Waals surface area (Å²) in [5.41, 5.74) is 3.59. The molecule has 0 fully saturated rings. The summed E-state index contributed by atoms with van der Waals surface area (Å²) >= 11 is 0. The number of rotatable bonds is 4. The molecule has 0 aromatic heterocycles. The number of ketones is 1. The van der Waals surface area contributed by atoms with E-state index in [2.05, 4.69) is 0 Å². The zero-order valence-corrected chi connectivity index (χ0v) is 14.8. The number of aryl methyl sites for hydroxylation is 1. The molecule has 0 aliphatic heterocycles. The molecule has 4 heteroatoms. The van der Waals surface area contributed by atoms with Crippen LogP contribution in [0, 0.1) is 0 Å². The van der Waals surface area contributed by atoms with Crippen LogP contribution in [0.3, 0.4) is 0 Å². The average molecular weight is 338 g/mol. The molecule has 1 aliphatic carbocycles. The first-order valence-corrected chi connectivity index (χ1v) is 8.31. The van der Waals surface area contributed by atoms with Crippen molar-refractivity contribution in [2.45, 2.75) is 19.3 Å². The molecule has 0 saturated carbocycles. The van der Waals surface area contributed by atoms with E-state index in [1.54, 1.807) is 21.3 Å². The summed E-state index contributed by atoms with van der Waals surface area (Å²) in [7, 11) is 4.74. The predicted molar refractivity (Wildman–Crippen MR) is 97.8 cm³/mol. The lowest BCUT2D eigenvalue weighted by Crippen LogP contribution is -2.03. The Morgan fingerprint density at radius 2 is 1.60 bits per heavy atom. The van der Waals surface area contributed by atoms with Crippen molar-refractivity contribution in [2.24, 2.45) is 0 Å². The molecule has 1 aliphatic rings. The van der Waals surface area contributed by atoms with Gasteiger partial charge < -0.3 is 14.2 Å². The molecule has 0 heterocycles. The van der Waals surface area contributed by atoms with Gasteiger partial charge in [0, 0.05) is 11.1 Å². The van der Waals surface area contributed by atoms with Crippen molar-refractivity contribution in [1.82, 2.24) is 0 Å². The molecule has 0 amide bonds. The first kappa shape index (κ1) is 17.1. The highest BCUT2D eigenvalue weighted by molar-refractivity contribution is 6.12. The molecule has 25 heavy (non-hydrogen) atoms. The number of Topliss-reactive ketones (excluding diaryl/α,β-unsaturated/α-hetero) is 1. The fraction of sp³-hybridized carbons (Fsp3) is 0.286. The Labute approximate surface area is 148 Å². The van der Waals surface area contributed by atoms with E-state index >= 15 is 0 Å². The molecule has 0 atom stereocenters. The standard InChI is InChI=1S/C21H22O4/c1-23-18-12-14(13-19(24-2)21(18)25-3)11-16-9-6-8-15-7-4-5-10-17(15)20(16)22/h4-5,7,10-13H,6,8-9H2,1-3H3/b16-11+. The van der Waals surface area contributed by atoms with E-state index in [-0.39, 0.29) is 5.78 Å². The Hall–Kier alpha value is -2.75. The van der Waals surface area contributed by atoms with Gasteiger partial charge >= 0.3 is 0 Å². The van der Waals surface area contributed by atoms with Crippen molar-refractivity contribution >= 4 is 11.9 Å². The van der Waals surface area contributed by atoms with E-state index in [4.69, 9.17) is 14.2 Å². The SMILES string of the molecule is COc1cc(/C=C2\CCCc3ccccc3C2=O)cc(OC)c1OC. The molecule has 0 unspecified atom stereocenters. The molecule has 2 aromatic carbocycles. The lowest BCUT2D eigenvalue weighted by molar-refractivity contribution is 0.103. The van der Waals surface area contributed by atoms with Crippen LogP contribution in [0.4, 0.5) is 0 Å². The molecule has 4 nitrogen and oxygen atoms in total. The second-order valence-electron chi connectivity index (χ2n) is 5.97. The minimum absolute atomic E-state index is 0.0989. The van der Waals surface area contributed by atoms with Crippen molar-refractivity contribution in [1.29, 1.82) is 0 Å². The third kappa shape index (κ3) is 3.38. The van der Waals surface area contributed by atoms with Crippen LogP contribution in [-0.2, 0) is 6.42 Å². The monoisotopic (exact) mass is 338 g/mol. The van der Waals surface area contributed by atoms with Crippen LogP contribution in [-0.4, -0.2) is 27.1 Å². The van der Waals surface area contributed by atoms with Gasteiger partial charge in [-0.1, -0.05) is 24.3 Å². The lowest BCUT2D eigenvalue weighted by atomic mass is 9.98. The molecule has 2 aromatic rings. The first-order chi connectivity index (χ1) is 12.2. The highest BCUT2D eigenvalue weighted by Gasteiger charge is 2.20. The molecule has 0 N–H and O–H groups in total. The maximum absolute atomic E-state index is 12.9. The van der Waals surface area contributed by atoms with E-state index in [9.17, 15) is 4.79 Å². The van der Waals surface area contributed by atoms with Gasteiger partial charge in [-0.05, 0) is 48.6 Å². The minimum atomic E-state index is 0.0989. The Morgan fingerprint density at radius 3 is 2.24 bits per heavy atom. The molecule has 0 saturated heterocycles. The smallest absolute Gasteiger partial charge is 0.203 e. The largest absolute Gasteiger partial charge is 0.493 e. The van der Waals surface area contributed by atoms with Gasteiger partial charge in [-0.3, -0.25) is 4.79 Å². The van der Waals surface area contributed by atoms with Gasteiger partial charge in [-0.25, -0.2) is 0 Å². The van der Waals surface area contributed by atoms with Gasteiger partial charge in [0.1, 0.15) is 0 Å². The summed E-state index contributed by atoms with van der Waals surface area (Å²) in [6.07, 6.45) is 4.56. The topological polar surface area (TPSA) is 44.8 Å².